The number of piperazine rings is 1. The van der Waals surface area contributed by atoms with Crippen LogP contribution in [0.1, 0.15) is 25.7 Å². The first-order chi connectivity index (χ1) is 11.6. The van der Waals surface area contributed by atoms with Gasteiger partial charge < -0.3 is 14.9 Å². The van der Waals surface area contributed by atoms with E-state index in [-0.39, 0.29) is 17.6 Å². The van der Waals surface area contributed by atoms with Gasteiger partial charge in [-0.25, -0.2) is 4.39 Å². The normalized spacial score (nSPS) is 24.7. The molecule has 0 aromatic heterocycles. The summed E-state index contributed by atoms with van der Waals surface area (Å²) in [7, 11) is 0. The predicted octanol–water partition coefficient (Wildman–Crippen LogP) is 2.37. The van der Waals surface area contributed by atoms with Crippen molar-refractivity contribution in [2.75, 3.05) is 31.1 Å². The van der Waals surface area contributed by atoms with Crippen molar-refractivity contribution in [1.29, 1.82) is 0 Å². The van der Waals surface area contributed by atoms with Gasteiger partial charge in [0.25, 0.3) is 0 Å². The number of carbonyl (C=O) groups excluding carboxylic acids is 1. The molecule has 5 nitrogen and oxygen atoms in total. The van der Waals surface area contributed by atoms with Crippen molar-refractivity contribution in [3.8, 4) is 0 Å². The molecule has 2 aliphatic rings. The van der Waals surface area contributed by atoms with E-state index in [0.29, 0.717) is 39.0 Å². The van der Waals surface area contributed by atoms with Crippen molar-refractivity contribution < 1.29 is 19.1 Å². The third-order valence-corrected chi connectivity index (χ3v) is 5.18. The van der Waals surface area contributed by atoms with Crippen molar-refractivity contribution in [3.05, 3.63) is 30.1 Å². The molecule has 1 aliphatic carbocycles. The molecule has 0 radical (unpaired) electrons. The van der Waals surface area contributed by atoms with E-state index in [1.54, 1.807) is 17.0 Å². The molecule has 3 rings (SSSR count). The fourth-order valence-corrected chi connectivity index (χ4v) is 3.79. The Morgan fingerprint density at radius 1 is 0.958 bits per heavy atom. The lowest BCUT2D eigenvalue weighted by Gasteiger charge is -2.39. The zero-order valence-corrected chi connectivity index (χ0v) is 13.7. The average Bonchev–Trinajstić information content (AvgIpc) is 2.62. The number of amides is 1. The van der Waals surface area contributed by atoms with Crippen LogP contribution >= 0.6 is 0 Å². The topological polar surface area (TPSA) is 60.9 Å². The molecule has 0 spiro atoms. The van der Waals surface area contributed by atoms with Crippen molar-refractivity contribution in [3.63, 3.8) is 0 Å². The number of carbonyl (C=O) groups is 2. The van der Waals surface area contributed by atoms with Crippen LogP contribution in [0.3, 0.4) is 0 Å². The van der Waals surface area contributed by atoms with Crippen molar-refractivity contribution in [2.45, 2.75) is 25.7 Å². The van der Waals surface area contributed by atoms with Gasteiger partial charge >= 0.3 is 5.97 Å². The SMILES string of the molecule is O=C(O)[C@@H]1CCCC[C@H]1C(=O)N1CCN(c2ccc(F)cc2)CC1. The maximum Gasteiger partial charge on any atom is 0.307 e. The Hall–Kier alpha value is -2.11. The highest BCUT2D eigenvalue weighted by atomic mass is 19.1. The van der Waals surface area contributed by atoms with Crippen molar-refractivity contribution >= 4 is 17.6 Å². The van der Waals surface area contributed by atoms with Crippen LogP contribution in [0.25, 0.3) is 0 Å². The molecule has 1 heterocycles. The predicted molar refractivity (Wildman–Crippen MR) is 88.3 cm³/mol. The lowest BCUT2D eigenvalue weighted by atomic mass is 9.78. The Kier molecular flexibility index (Phi) is 5.02. The highest BCUT2D eigenvalue weighted by molar-refractivity contribution is 5.85. The molecule has 130 valence electrons. The summed E-state index contributed by atoms with van der Waals surface area (Å²) in [5, 5.41) is 9.36. The molecule has 1 saturated carbocycles. The second-order valence-corrected chi connectivity index (χ2v) is 6.62. The number of benzene rings is 1. The van der Waals surface area contributed by atoms with E-state index in [1.165, 1.54) is 12.1 Å². The Morgan fingerprint density at radius 3 is 2.12 bits per heavy atom. The van der Waals surface area contributed by atoms with Gasteiger partial charge in [-0.1, -0.05) is 12.8 Å². The monoisotopic (exact) mass is 334 g/mol. The van der Waals surface area contributed by atoms with E-state index in [2.05, 4.69) is 4.90 Å². The summed E-state index contributed by atoms with van der Waals surface area (Å²) in [6.07, 6.45) is 3.09. The van der Waals surface area contributed by atoms with Crippen LogP contribution in [0.2, 0.25) is 0 Å². The van der Waals surface area contributed by atoms with Crippen LogP contribution in [-0.2, 0) is 9.59 Å². The molecular formula is C18H23FN2O3. The van der Waals surface area contributed by atoms with Gasteiger partial charge in [0.15, 0.2) is 0 Å². The average molecular weight is 334 g/mol. The standard InChI is InChI=1S/C18H23FN2O3/c19-13-5-7-14(8-6-13)20-9-11-21(12-10-20)17(22)15-3-1-2-4-16(15)18(23)24/h5-8,15-16H,1-4,9-12H2,(H,23,24)/t15-,16-/m1/s1. The Balaban J connectivity index is 1.60. The summed E-state index contributed by atoms with van der Waals surface area (Å²) < 4.78 is 13.0. The zero-order valence-electron chi connectivity index (χ0n) is 13.7. The molecule has 1 amide bonds. The summed E-state index contributed by atoms with van der Waals surface area (Å²) in [6, 6.07) is 6.36. The lowest BCUT2D eigenvalue weighted by molar-refractivity contribution is -0.152. The maximum absolute atomic E-state index is 13.0. The quantitative estimate of drug-likeness (QED) is 0.922. The van der Waals surface area contributed by atoms with Gasteiger partial charge in [-0.15, -0.1) is 0 Å². The first-order valence-corrected chi connectivity index (χ1v) is 8.58. The highest BCUT2D eigenvalue weighted by Gasteiger charge is 2.38. The molecule has 6 heteroatoms. The number of hydrogen-bond donors (Lipinski definition) is 1. The number of rotatable bonds is 3. The van der Waals surface area contributed by atoms with Crippen LogP contribution in [0.15, 0.2) is 24.3 Å². The molecule has 1 aromatic carbocycles. The van der Waals surface area contributed by atoms with Gasteiger partial charge in [-0.2, -0.15) is 0 Å². The third-order valence-electron chi connectivity index (χ3n) is 5.18. The van der Waals surface area contributed by atoms with Crippen LogP contribution in [0.5, 0.6) is 0 Å². The molecule has 2 fully saturated rings. The molecule has 1 N–H and O–H groups in total. The molecule has 1 aliphatic heterocycles. The number of carboxylic acids is 1. The van der Waals surface area contributed by atoms with Gasteiger partial charge in [-0.05, 0) is 37.1 Å². The van der Waals surface area contributed by atoms with Gasteiger partial charge in [0.05, 0.1) is 11.8 Å². The number of nitrogens with zero attached hydrogens (tertiary/aromatic N) is 2. The molecular weight excluding hydrogens is 311 g/mol. The van der Waals surface area contributed by atoms with Gasteiger partial charge in [-0.3, -0.25) is 9.59 Å². The van der Waals surface area contributed by atoms with Gasteiger partial charge in [0.2, 0.25) is 5.91 Å². The van der Waals surface area contributed by atoms with Crippen LogP contribution in [0.4, 0.5) is 10.1 Å². The second-order valence-electron chi connectivity index (χ2n) is 6.62. The first-order valence-electron chi connectivity index (χ1n) is 8.58. The van der Waals surface area contributed by atoms with E-state index in [1.807, 2.05) is 0 Å². The number of halogens is 1. The van der Waals surface area contributed by atoms with Crippen LogP contribution in [-0.4, -0.2) is 48.1 Å². The summed E-state index contributed by atoms with van der Waals surface area (Å²) in [5.74, 6) is -2.04. The fourth-order valence-electron chi connectivity index (χ4n) is 3.79. The second kappa shape index (κ2) is 7.20. The first kappa shape index (κ1) is 16.7. The van der Waals surface area contributed by atoms with Crippen LogP contribution < -0.4 is 4.90 Å². The van der Waals surface area contributed by atoms with E-state index < -0.39 is 11.9 Å². The van der Waals surface area contributed by atoms with Gasteiger partial charge in [0.1, 0.15) is 5.82 Å². The Labute approximate surface area is 141 Å². The maximum atomic E-state index is 13.0. The summed E-state index contributed by atoms with van der Waals surface area (Å²) in [4.78, 5) is 28.1. The molecule has 0 bridgehead atoms. The highest BCUT2D eigenvalue weighted by Crippen LogP contribution is 2.32. The molecule has 1 aromatic rings. The van der Waals surface area contributed by atoms with E-state index in [9.17, 15) is 19.1 Å². The number of aliphatic carboxylic acids is 1. The Bertz CT molecular complexity index is 597. The van der Waals surface area contributed by atoms with Crippen LogP contribution in [0, 0.1) is 17.7 Å². The summed E-state index contributed by atoms with van der Waals surface area (Å²) >= 11 is 0. The van der Waals surface area contributed by atoms with E-state index in [4.69, 9.17) is 0 Å². The Morgan fingerprint density at radius 2 is 1.54 bits per heavy atom. The minimum atomic E-state index is -0.849. The largest absolute Gasteiger partial charge is 0.481 e. The van der Waals surface area contributed by atoms with Crippen molar-refractivity contribution in [2.24, 2.45) is 11.8 Å². The minimum absolute atomic E-state index is 0.0131. The lowest BCUT2D eigenvalue weighted by Crippen LogP contribution is -2.52. The molecule has 2 atom stereocenters. The zero-order chi connectivity index (χ0) is 17.1. The molecule has 1 saturated heterocycles. The van der Waals surface area contributed by atoms with Gasteiger partial charge in [0, 0.05) is 31.9 Å². The number of carboxylic acid groups (broad SMARTS) is 1. The van der Waals surface area contributed by atoms with E-state index >= 15 is 0 Å². The van der Waals surface area contributed by atoms with Crippen molar-refractivity contribution in [1.82, 2.24) is 4.90 Å². The minimum Gasteiger partial charge on any atom is -0.481 e. The number of hydrogen-bond acceptors (Lipinski definition) is 3. The van der Waals surface area contributed by atoms with E-state index in [0.717, 1.165) is 18.5 Å². The summed E-state index contributed by atoms with van der Waals surface area (Å²) in [6.45, 7) is 2.53. The fraction of sp³-hybridized carbons (Fsp3) is 0.556. The number of anilines is 1. The third kappa shape index (κ3) is 3.52. The molecule has 0 unspecified atom stereocenters. The molecule has 24 heavy (non-hydrogen) atoms. The summed E-state index contributed by atoms with van der Waals surface area (Å²) in [5.41, 5.74) is 0.949. The smallest absolute Gasteiger partial charge is 0.307 e.